The van der Waals surface area contributed by atoms with E-state index in [4.69, 9.17) is 23.2 Å². The van der Waals surface area contributed by atoms with Crippen molar-refractivity contribution in [3.63, 3.8) is 0 Å². The predicted molar refractivity (Wildman–Crippen MR) is 74.0 cm³/mol. The average Bonchev–Trinajstić information content (AvgIpc) is 2.72. The van der Waals surface area contributed by atoms with E-state index in [0.29, 0.717) is 16.5 Å². The summed E-state index contributed by atoms with van der Waals surface area (Å²) < 4.78 is 0. The van der Waals surface area contributed by atoms with Gasteiger partial charge in [0.05, 0.1) is 0 Å². The van der Waals surface area contributed by atoms with E-state index in [0.717, 1.165) is 18.5 Å². The third-order valence-corrected chi connectivity index (χ3v) is 3.75. The van der Waals surface area contributed by atoms with Crippen molar-refractivity contribution in [1.29, 1.82) is 0 Å². The number of nitrogens with one attached hydrogen (secondary N) is 2. The van der Waals surface area contributed by atoms with Gasteiger partial charge in [-0.05, 0) is 31.0 Å². The van der Waals surface area contributed by atoms with Crippen molar-refractivity contribution in [2.75, 3.05) is 6.54 Å². The second kappa shape index (κ2) is 5.91. The number of amides is 1. The summed E-state index contributed by atoms with van der Waals surface area (Å²) in [7, 11) is 0. The molecule has 0 spiro atoms. The van der Waals surface area contributed by atoms with E-state index in [9.17, 15) is 4.79 Å². The Labute approximate surface area is 117 Å². The number of carbonyl (C=O) groups excluding carboxylic acids is 1. The van der Waals surface area contributed by atoms with Gasteiger partial charge in [0.15, 0.2) is 0 Å². The van der Waals surface area contributed by atoms with Crippen LogP contribution in [0.4, 0.5) is 0 Å². The van der Waals surface area contributed by atoms with Crippen molar-refractivity contribution in [1.82, 2.24) is 10.6 Å². The molecule has 0 aliphatic carbocycles. The van der Waals surface area contributed by atoms with Crippen molar-refractivity contribution in [2.45, 2.75) is 31.8 Å². The van der Waals surface area contributed by atoms with Gasteiger partial charge in [-0.1, -0.05) is 29.3 Å². The van der Waals surface area contributed by atoms with Gasteiger partial charge in [-0.25, -0.2) is 0 Å². The molecule has 2 N–H and O–H groups in total. The first-order valence-corrected chi connectivity index (χ1v) is 6.79. The standard InChI is InChI=1S/C13H16Cl2N2O/c1-8(11-4-2-9(14)6-12(11)15)16-7-10-3-5-13(18)17-10/h2,4,6,8,10,16H,3,5,7H2,1H3,(H,17,18). The molecule has 2 rings (SSSR count). The molecule has 1 aliphatic heterocycles. The minimum Gasteiger partial charge on any atom is -0.352 e. The van der Waals surface area contributed by atoms with Gasteiger partial charge in [-0.15, -0.1) is 0 Å². The summed E-state index contributed by atoms with van der Waals surface area (Å²) in [5.74, 6) is 0.138. The Morgan fingerprint density at radius 3 is 2.89 bits per heavy atom. The van der Waals surface area contributed by atoms with Crippen LogP contribution in [0.15, 0.2) is 18.2 Å². The van der Waals surface area contributed by atoms with E-state index < -0.39 is 0 Å². The van der Waals surface area contributed by atoms with Gasteiger partial charge >= 0.3 is 0 Å². The summed E-state index contributed by atoms with van der Waals surface area (Å²) in [5.41, 5.74) is 1.02. The summed E-state index contributed by atoms with van der Waals surface area (Å²) in [6.45, 7) is 2.80. The molecule has 0 radical (unpaired) electrons. The molecule has 1 aromatic carbocycles. The fraction of sp³-hybridized carbons (Fsp3) is 0.462. The molecule has 1 saturated heterocycles. The highest BCUT2D eigenvalue weighted by Crippen LogP contribution is 2.26. The van der Waals surface area contributed by atoms with E-state index in [1.165, 1.54) is 0 Å². The van der Waals surface area contributed by atoms with Gasteiger partial charge in [0.1, 0.15) is 0 Å². The zero-order valence-corrected chi connectivity index (χ0v) is 11.7. The van der Waals surface area contributed by atoms with Crippen molar-refractivity contribution in [2.24, 2.45) is 0 Å². The van der Waals surface area contributed by atoms with Crippen LogP contribution in [-0.2, 0) is 4.79 Å². The van der Waals surface area contributed by atoms with Gasteiger partial charge in [0, 0.05) is 35.1 Å². The molecule has 1 aromatic rings. The van der Waals surface area contributed by atoms with Crippen LogP contribution >= 0.6 is 23.2 Å². The highest BCUT2D eigenvalue weighted by molar-refractivity contribution is 6.35. The van der Waals surface area contributed by atoms with E-state index in [2.05, 4.69) is 10.6 Å². The Kier molecular flexibility index (Phi) is 4.49. The summed E-state index contributed by atoms with van der Waals surface area (Å²) in [6, 6.07) is 5.86. The third kappa shape index (κ3) is 3.37. The lowest BCUT2D eigenvalue weighted by Crippen LogP contribution is -2.36. The molecule has 5 heteroatoms. The third-order valence-electron chi connectivity index (χ3n) is 3.18. The van der Waals surface area contributed by atoms with E-state index in [1.54, 1.807) is 6.07 Å². The molecule has 3 nitrogen and oxygen atoms in total. The molecular formula is C13H16Cl2N2O. The van der Waals surface area contributed by atoms with Gasteiger partial charge in [-0.3, -0.25) is 4.79 Å². The monoisotopic (exact) mass is 286 g/mol. The second-order valence-corrected chi connectivity index (χ2v) is 5.44. The number of hydrogen-bond donors (Lipinski definition) is 2. The average molecular weight is 287 g/mol. The highest BCUT2D eigenvalue weighted by atomic mass is 35.5. The number of benzene rings is 1. The van der Waals surface area contributed by atoms with Crippen molar-refractivity contribution in [3.8, 4) is 0 Å². The first-order chi connectivity index (χ1) is 8.56. The topological polar surface area (TPSA) is 41.1 Å². The smallest absolute Gasteiger partial charge is 0.220 e. The Morgan fingerprint density at radius 2 is 2.28 bits per heavy atom. The molecule has 0 saturated carbocycles. The van der Waals surface area contributed by atoms with Crippen LogP contribution in [0.25, 0.3) is 0 Å². The second-order valence-electron chi connectivity index (χ2n) is 4.60. The molecule has 0 bridgehead atoms. The summed E-state index contributed by atoms with van der Waals surface area (Å²) in [5, 5.41) is 7.61. The Balaban J connectivity index is 1.91. The summed E-state index contributed by atoms with van der Waals surface area (Å²) >= 11 is 12.0. The molecule has 1 heterocycles. The summed E-state index contributed by atoms with van der Waals surface area (Å²) in [6.07, 6.45) is 1.52. The first kappa shape index (κ1) is 13.7. The lowest BCUT2D eigenvalue weighted by Gasteiger charge is -2.18. The largest absolute Gasteiger partial charge is 0.352 e. The summed E-state index contributed by atoms with van der Waals surface area (Å²) in [4.78, 5) is 11.1. The lowest BCUT2D eigenvalue weighted by molar-refractivity contribution is -0.119. The normalized spacial score (nSPS) is 20.8. The van der Waals surface area contributed by atoms with Gasteiger partial charge in [0.2, 0.25) is 5.91 Å². The molecule has 2 unspecified atom stereocenters. The van der Waals surface area contributed by atoms with Crippen LogP contribution in [-0.4, -0.2) is 18.5 Å². The molecule has 0 aromatic heterocycles. The fourth-order valence-electron chi connectivity index (χ4n) is 2.11. The molecule has 98 valence electrons. The Bertz CT molecular complexity index is 451. The molecule has 18 heavy (non-hydrogen) atoms. The quantitative estimate of drug-likeness (QED) is 0.894. The van der Waals surface area contributed by atoms with Gasteiger partial charge < -0.3 is 10.6 Å². The molecular weight excluding hydrogens is 271 g/mol. The fourth-order valence-corrected chi connectivity index (χ4v) is 2.68. The Hall–Kier alpha value is -0.770. The maximum Gasteiger partial charge on any atom is 0.220 e. The zero-order valence-electron chi connectivity index (χ0n) is 10.2. The first-order valence-electron chi connectivity index (χ1n) is 6.04. The number of halogens is 2. The zero-order chi connectivity index (χ0) is 13.1. The van der Waals surface area contributed by atoms with Crippen molar-refractivity contribution < 1.29 is 4.79 Å². The SMILES string of the molecule is CC(NCC1CCC(=O)N1)c1ccc(Cl)cc1Cl. The number of carbonyl (C=O) groups is 1. The van der Waals surface area contributed by atoms with E-state index in [-0.39, 0.29) is 18.0 Å². The van der Waals surface area contributed by atoms with Crippen LogP contribution in [0.5, 0.6) is 0 Å². The van der Waals surface area contributed by atoms with Crippen LogP contribution in [0, 0.1) is 0 Å². The number of rotatable bonds is 4. The van der Waals surface area contributed by atoms with Crippen LogP contribution in [0.1, 0.15) is 31.4 Å². The van der Waals surface area contributed by atoms with Crippen molar-refractivity contribution in [3.05, 3.63) is 33.8 Å². The predicted octanol–water partition coefficient (Wildman–Crippen LogP) is 2.92. The molecule has 1 fully saturated rings. The minimum absolute atomic E-state index is 0.132. The minimum atomic E-state index is 0.132. The number of hydrogen-bond acceptors (Lipinski definition) is 2. The van der Waals surface area contributed by atoms with Gasteiger partial charge in [-0.2, -0.15) is 0 Å². The van der Waals surface area contributed by atoms with Crippen molar-refractivity contribution >= 4 is 29.1 Å². The molecule has 2 atom stereocenters. The maximum absolute atomic E-state index is 11.1. The molecule has 1 amide bonds. The maximum atomic E-state index is 11.1. The molecule has 1 aliphatic rings. The van der Waals surface area contributed by atoms with E-state index in [1.807, 2.05) is 19.1 Å². The highest BCUT2D eigenvalue weighted by Gasteiger charge is 2.21. The van der Waals surface area contributed by atoms with Crippen LogP contribution in [0.2, 0.25) is 10.0 Å². The van der Waals surface area contributed by atoms with Gasteiger partial charge in [0.25, 0.3) is 0 Å². The lowest BCUT2D eigenvalue weighted by atomic mass is 10.1. The van der Waals surface area contributed by atoms with Crippen LogP contribution in [0.3, 0.4) is 0 Å². The van der Waals surface area contributed by atoms with E-state index >= 15 is 0 Å². The Morgan fingerprint density at radius 1 is 1.50 bits per heavy atom. The van der Waals surface area contributed by atoms with Crippen LogP contribution < -0.4 is 10.6 Å².